The fraction of sp³-hybridized carbons (Fsp3) is 0.316. The molecular formula is C19H23N3O3S. The summed E-state index contributed by atoms with van der Waals surface area (Å²) in [5.74, 6) is 0. The van der Waals surface area contributed by atoms with Gasteiger partial charge in [0.2, 0.25) is 0 Å². The number of hydrogen-bond acceptors (Lipinski definition) is 4. The zero-order chi connectivity index (χ0) is 18.6. The molecule has 2 N–H and O–H groups in total. The van der Waals surface area contributed by atoms with Crippen molar-refractivity contribution in [1.29, 1.82) is 0 Å². The molecule has 0 bridgehead atoms. The fourth-order valence-corrected chi connectivity index (χ4v) is 3.94. The Balaban J connectivity index is 1.73. The monoisotopic (exact) mass is 373 g/mol. The molecule has 0 saturated carbocycles. The number of aryl methyl sites for hydroxylation is 1. The molecule has 0 atom stereocenters. The summed E-state index contributed by atoms with van der Waals surface area (Å²) in [5.41, 5.74) is 2.46. The Morgan fingerprint density at radius 3 is 2.31 bits per heavy atom. The first-order valence-electron chi connectivity index (χ1n) is 8.70. The number of hydrogen-bond donors (Lipinski definition) is 2. The summed E-state index contributed by atoms with van der Waals surface area (Å²) in [6.07, 6.45) is 3.44. The Morgan fingerprint density at radius 2 is 1.62 bits per heavy atom. The normalized spacial score (nSPS) is 14.7. The molecule has 26 heavy (non-hydrogen) atoms. The Hall–Kier alpha value is -2.54. The summed E-state index contributed by atoms with van der Waals surface area (Å²) in [6.45, 7) is 3.73. The van der Waals surface area contributed by atoms with Gasteiger partial charge >= 0.3 is 6.03 Å². The third-order valence-corrected chi connectivity index (χ3v) is 5.75. The van der Waals surface area contributed by atoms with Crippen molar-refractivity contribution in [2.75, 3.05) is 23.3 Å². The van der Waals surface area contributed by atoms with Crippen LogP contribution in [-0.4, -0.2) is 27.5 Å². The second-order valence-electron chi connectivity index (χ2n) is 6.44. The zero-order valence-electron chi connectivity index (χ0n) is 14.7. The van der Waals surface area contributed by atoms with Gasteiger partial charge in [-0.1, -0.05) is 29.8 Å². The average Bonchev–Trinajstić information content (AvgIpc) is 2.63. The molecule has 1 aliphatic heterocycles. The first kappa shape index (κ1) is 18.3. The van der Waals surface area contributed by atoms with Crippen LogP contribution in [0.1, 0.15) is 24.8 Å². The van der Waals surface area contributed by atoms with Crippen molar-refractivity contribution >= 4 is 27.4 Å². The summed E-state index contributed by atoms with van der Waals surface area (Å²) in [6, 6.07) is 13.0. The Labute approximate surface area is 154 Å². The van der Waals surface area contributed by atoms with Crippen LogP contribution >= 0.6 is 0 Å². The van der Waals surface area contributed by atoms with Crippen LogP contribution in [0, 0.1) is 6.92 Å². The van der Waals surface area contributed by atoms with E-state index < -0.39 is 16.1 Å². The van der Waals surface area contributed by atoms with Gasteiger partial charge in [0.1, 0.15) is 0 Å². The molecule has 0 radical (unpaired) electrons. The van der Waals surface area contributed by atoms with Gasteiger partial charge < -0.3 is 10.2 Å². The summed E-state index contributed by atoms with van der Waals surface area (Å²) in [4.78, 5) is 14.6. The quantitative estimate of drug-likeness (QED) is 0.860. The van der Waals surface area contributed by atoms with Crippen LogP contribution in [0.2, 0.25) is 0 Å². The second kappa shape index (κ2) is 7.78. The highest BCUT2D eigenvalue weighted by Gasteiger charge is 2.19. The first-order valence-corrected chi connectivity index (χ1v) is 10.2. The Kier molecular flexibility index (Phi) is 5.46. The van der Waals surface area contributed by atoms with Crippen molar-refractivity contribution in [3.8, 4) is 0 Å². The number of carbonyl (C=O) groups excluding carboxylic acids is 1. The highest BCUT2D eigenvalue weighted by molar-refractivity contribution is 7.90. The van der Waals surface area contributed by atoms with Gasteiger partial charge in [-0.3, -0.25) is 0 Å². The number of anilines is 2. The molecule has 2 aromatic rings. The number of carbonyl (C=O) groups is 1. The maximum absolute atomic E-state index is 12.3. The van der Waals surface area contributed by atoms with E-state index >= 15 is 0 Å². The van der Waals surface area contributed by atoms with Crippen LogP contribution in [0.25, 0.3) is 0 Å². The minimum absolute atomic E-state index is 0.0579. The summed E-state index contributed by atoms with van der Waals surface area (Å²) < 4.78 is 26.8. The van der Waals surface area contributed by atoms with Crippen LogP contribution in [0.3, 0.4) is 0 Å². The van der Waals surface area contributed by atoms with Crippen LogP contribution in [0.15, 0.2) is 53.4 Å². The molecular weight excluding hydrogens is 350 g/mol. The predicted octanol–water partition coefficient (Wildman–Crippen LogP) is 3.50. The van der Waals surface area contributed by atoms with Crippen molar-refractivity contribution in [1.82, 2.24) is 4.72 Å². The third-order valence-electron chi connectivity index (χ3n) is 4.41. The molecule has 3 rings (SSSR count). The lowest BCUT2D eigenvalue weighted by molar-refractivity contribution is 0.256. The number of benzene rings is 2. The highest BCUT2D eigenvalue weighted by Crippen LogP contribution is 2.28. The second-order valence-corrected chi connectivity index (χ2v) is 8.12. The van der Waals surface area contributed by atoms with Crippen LogP contribution in [-0.2, 0) is 10.0 Å². The SMILES string of the molecule is Cc1ccc(S(=O)(=O)NC(=O)Nc2ccccc2N2CCCCC2)cc1. The van der Waals surface area contributed by atoms with Crippen molar-refractivity contribution in [3.63, 3.8) is 0 Å². The Morgan fingerprint density at radius 1 is 0.962 bits per heavy atom. The lowest BCUT2D eigenvalue weighted by Crippen LogP contribution is -2.35. The van der Waals surface area contributed by atoms with E-state index in [2.05, 4.69) is 14.9 Å². The van der Waals surface area contributed by atoms with E-state index in [0.29, 0.717) is 5.69 Å². The molecule has 6 nitrogen and oxygen atoms in total. The van der Waals surface area contributed by atoms with E-state index in [1.807, 2.05) is 25.1 Å². The van der Waals surface area contributed by atoms with Crippen molar-refractivity contribution in [2.45, 2.75) is 31.1 Å². The van der Waals surface area contributed by atoms with Crippen molar-refractivity contribution < 1.29 is 13.2 Å². The molecule has 0 unspecified atom stereocenters. The van der Waals surface area contributed by atoms with Crippen LogP contribution in [0.5, 0.6) is 0 Å². The van der Waals surface area contributed by atoms with Crippen molar-refractivity contribution in [2.24, 2.45) is 0 Å². The van der Waals surface area contributed by atoms with Crippen LogP contribution in [0.4, 0.5) is 16.2 Å². The smallest absolute Gasteiger partial charge is 0.333 e. The highest BCUT2D eigenvalue weighted by atomic mass is 32.2. The average molecular weight is 373 g/mol. The molecule has 1 fully saturated rings. The van der Waals surface area contributed by atoms with Gasteiger partial charge in [0.25, 0.3) is 10.0 Å². The summed E-state index contributed by atoms with van der Waals surface area (Å²) in [5, 5.41) is 2.67. The van der Waals surface area contributed by atoms with Gasteiger partial charge in [0.05, 0.1) is 16.3 Å². The molecule has 2 amide bonds. The van der Waals surface area contributed by atoms with E-state index in [-0.39, 0.29) is 4.90 Å². The standard InChI is InChI=1S/C19H23N3O3S/c1-15-9-11-16(12-10-15)26(24,25)21-19(23)20-17-7-3-4-8-18(17)22-13-5-2-6-14-22/h3-4,7-12H,2,5-6,13-14H2,1H3,(H2,20,21,23). The summed E-state index contributed by atoms with van der Waals surface area (Å²) in [7, 11) is -3.91. The van der Waals surface area contributed by atoms with E-state index in [1.165, 1.54) is 18.6 Å². The van der Waals surface area contributed by atoms with Gasteiger partial charge in [0, 0.05) is 13.1 Å². The molecule has 0 aromatic heterocycles. The van der Waals surface area contributed by atoms with E-state index in [4.69, 9.17) is 0 Å². The molecule has 138 valence electrons. The molecule has 1 heterocycles. The number of para-hydroxylation sites is 2. The summed E-state index contributed by atoms with van der Waals surface area (Å²) >= 11 is 0. The van der Waals surface area contributed by atoms with Gasteiger partial charge in [-0.05, 0) is 50.5 Å². The molecule has 7 heteroatoms. The van der Waals surface area contributed by atoms with E-state index in [1.54, 1.807) is 18.2 Å². The Bertz CT molecular complexity index is 873. The minimum Gasteiger partial charge on any atom is -0.370 e. The lowest BCUT2D eigenvalue weighted by Gasteiger charge is -2.30. The molecule has 1 aliphatic rings. The lowest BCUT2D eigenvalue weighted by atomic mass is 10.1. The molecule has 1 saturated heterocycles. The van der Waals surface area contributed by atoms with E-state index in [0.717, 1.165) is 37.2 Å². The van der Waals surface area contributed by atoms with Crippen LogP contribution < -0.4 is 14.9 Å². The number of nitrogens with zero attached hydrogens (tertiary/aromatic N) is 1. The van der Waals surface area contributed by atoms with Crippen molar-refractivity contribution in [3.05, 3.63) is 54.1 Å². The molecule has 0 aliphatic carbocycles. The van der Waals surface area contributed by atoms with E-state index in [9.17, 15) is 13.2 Å². The third kappa shape index (κ3) is 4.35. The molecule has 0 spiro atoms. The van der Waals surface area contributed by atoms with Gasteiger partial charge in [-0.2, -0.15) is 0 Å². The number of amides is 2. The minimum atomic E-state index is -3.91. The molecule has 2 aromatic carbocycles. The maximum atomic E-state index is 12.3. The number of sulfonamides is 1. The largest absolute Gasteiger partial charge is 0.370 e. The number of piperidine rings is 1. The zero-order valence-corrected chi connectivity index (χ0v) is 15.6. The maximum Gasteiger partial charge on any atom is 0.333 e. The number of urea groups is 1. The fourth-order valence-electron chi connectivity index (χ4n) is 3.04. The topological polar surface area (TPSA) is 78.5 Å². The number of rotatable bonds is 4. The number of nitrogens with one attached hydrogen (secondary N) is 2. The first-order chi connectivity index (χ1) is 12.5. The van der Waals surface area contributed by atoms with Gasteiger partial charge in [0.15, 0.2) is 0 Å². The van der Waals surface area contributed by atoms with Gasteiger partial charge in [-0.25, -0.2) is 17.9 Å². The predicted molar refractivity (Wildman–Crippen MR) is 103 cm³/mol. The van der Waals surface area contributed by atoms with Gasteiger partial charge in [-0.15, -0.1) is 0 Å².